The molecule has 0 fully saturated rings. The molecule has 1 aromatic heterocycles. The van der Waals surface area contributed by atoms with Gasteiger partial charge in [0.1, 0.15) is 5.82 Å². The lowest BCUT2D eigenvalue weighted by atomic mass is 10.1. The van der Waals surface area contributed by atoms with Crippen LogP contribution in [0.2, 0.25) is 0 Å². The minimum atomic E-state index is -0.275. The first kappa shape index (κ1) is 11.6. The van der Waals surface area contributed by atoms with Crippen molar-refractivity contribution in [3.8, 4) is 11.3 Å². The van der Waals surface area contributed by atoms with E-state index in [0.717, 1.165) is 11.3 Å². The second-order valence-electron chi connectivity index (χ2n) is 4.22. The van der Waals surface area contributed by atoms with E-state index in [0.29, 0.717) is 18.7 Å². The van der Waals surface area contributed by atoms with Crippen LogP contribution in [0.4, 0.5) is 4.39 Å². The molecular formula is C13H11FN4O. The number of amides is 1. The van der Waals surface area contributed by atoms with Crippen LogP contribution < -0.4 is 5.43 Å². The zero-order chi connectivity index (χ0) is 13.2. The Kier molecular flexibility index (Phi) is 2.83. The van der Waals surface area contributed by atoms with Crippen molar-refractivity contribution in [3.63, 3.8) is 0 Å². The van der Waals surface area contributed by atoms with Crippen LogP contribution in [-0.2, 0) is 4.79 Å². The standard InChI is InChI=1S/C13H11FN4O/c14-10-3-1-9(2-4-10)11-7-8-18(17-11)12-5-6-13(19)16-15-12/h1-4,7-8H,5-6H2,(H,16,19). The second-order valence-corrected chi connectivity index (χ2v) is 4.22. The Hall–Kier alpha value is -2.50. The Labute approximate surface area is 108 Å². The average molecular weight is 258 g/mol. The fourth-order valence-corrected chi connectivity index (χ4v) is 1.87. The molecule has 5 nitrogen and oxygen atoms in total. The Balaban J connectivity index is 1.87. The van der Waals surface area contributed by atoms with Crippen molar-refractivity contribution in [2.24, 2.45) is 5.10 Å². The maximum absolute atomic E-state index is 12.9. The number of rotatable bonds is 1. The topological polar surface area (TPSA) is 59.3 Å². The SMILES string of the molecule is O=C1CCC(n2ccc(-c3ccc(F)cc3)n2)=NN1. The van der Waals surface area contributed by atoms with Crippen LogP contribution in [-0.4, -0.2) is 21.5 Å². The summed E-state index contributed by atoms with van der Waals surface area (Å²) in [6.45, 7) is 0. The smallest absolute Gasteiger partial charge is 0.240 e. The summed E-state index contributed by atoms with van der Waals surface area (Å²) in [6, 6.07) is 7.96. The highest BCUT2D eigenvalue weighted by Crippen LogP contribution is 2.17. The van der Waals surface area contributed by atoms with Crippen LogP contribution in [0.15, 0.2) is 41.6 Å². The maximum atomic E-state index is 12.9. The number of hydrogen-bond donors (Lipinski definition) is 1. The molecule has 1 aliphatic heterocycles. The molecule has 1 aromatic carbocycles. The summed E-state index contributed by atoms with van der Waals surface area (Å²) >= 11 is 0. The van der Waals surface area contributed by atoms with Gasteiger partial charge in [0.05, 0.1) is 5.69 Å². The summed E-state index contributed by atoms with van der Waals surface area (Å²) in [4.78, 5) is 11.0. The largest absolute Gasteiger partial charge is 0.273 e. The number of carbonyl (C=O) groups is 1. The van der Waals surface area contributed by atoms with Crippen LogP contribution in [0.3, 0.4) is 0 Å². The summed E-state index contributed by atoms with van der Waals surface area (Å²) in [6.07, 6.45) is 2.73. The molecule has 6 heteroatoms. The number of nitrogens with one attached hydrogen (secondary N) is 1. The summed E-state index contributed by atoms with van der Waals surface area (Å²) in [5.74, 6) is 0.324. The Bertz CT molecular complexity index is 645. The van der Waals surface area contributed by atoms with E-state index in [4.69, 9.17) is 0 Å². The minimum Gasteiger partial charge on any atom is -0.273 e. The highest BCUT2D eigenvalue weighted by Gasteiger charge is 2.14. The van der Waals surface area contributed by atoms with E-state index < -0.39 is 0 Å². The zero-order valence-corrected chi connectivity index (χ0v) is 10.0. The van der Waals surface area contributed by atoms with Crippen molar-refractivity contribution < 1.29 is 9.18 Å². The first-order valence-electron chi connectivity index (χ1n) is 5.90. The van der Waals surface area contributed by atoms with E-state index in [1.54, 1.807) is 23.0 Å². The molecule has 3 rings (SSSR count). The fraction of sp³-hybridized carbons (Fsp3) is 0.154. The molecule has 2 aromatic rings. The van der Waals surface area contributed by atoms with Gasteiger partial charge < -0.3 is 0 Å². The predicted molar refractivity (Wildman–Crippen MR) is 67.8 cm³/mol. The van der Waals surface area contributed by atoms with E-state index in [1.807, 2.05) is 6.07 Å². The van der Waals surface area contributed by atoms with Gasteiger partial charge in [0.15, 0.2) is 5.84 Å². The summed E-state index contributed by atoms with van der Waals surface area (Å²) in [5.41, 5.74) is 4.00. The number of nitrogens with zero attached hydrogens (tertiary/aromatic N) is 3. The third kappa shape index (κ3) is 2.37. The molecule has 0 saturated carbocycles. The highest BCUT2D eigenvalue weighted by molar-refractivity contribution is 5.92. The number of benzene rings is 1. The quantitative estimate of drug-likeness (QED) is 0.847. The number of aromatic nitrogens is 2. The molecule has 0 aliphatic carbocycles. The second kappa shape index (κ2) is 4.64. The van der Waals surface area contributed by atoms with Gasteiger partial charge in [-0.15, -0.1) is 0 Å². The average Bonchev–Trinajstić information content (AvgIpc) is 2.90. The lowest BCUT2D eigenvalue weighted by Crippen LogP contribution is -2.29. The van der Waals surface area contributed by atoms with Gasteiger partial charge >= 0.3 is 0 Å². The Morgan fingerprint density at radius 1 is 1.16 bits per heavy atom. The molecule has 96 valence electrons. The molecule has 1 N–H and O–H groups in total. The van der Waals surface area contributed by atoms with Crippen LogP contribution in [0.25, 0.3) is 11.3 Å². The zero-order valence-electron chi connectivity index (χ0n) is 10.0. The summed E-state index contributed by atoms with van der Waals surface area (Å²) in [7, 11) is 0. The molecule has 2 heterocycles. The van der Waals surface area contributed by atoms with Crippen molar-refractivity contribution in [1.29, 1.82) is 0 Å². The highest BCUT2D eigenvalue weighted by atomic mass is 19.1. The lowest BCUT2D eigenvalue weighted by Gasteiger charge is -2.11. The van der Waals surface area contributed by atoms with Gasteiger partial charge in [-0.05, 0) is 30.3 Å². The summed E-state index contributed by atoms with van der Waals surface area (Å²) in [5, 5.41) is 8.33. The molecule has 0 saturated heterocycles. The summed E-state index contributed by atoms with van der Waals surface area (Å²) < 4.78 is 14.5. The third-order valence-electron chi connectivity index (χ3n) is 2.88. The van der Waals surface area contributed by atoms with Gasteiger partial charge in [-0.3, -0.25) is 4.79 Å². The molecule has 19 heavy (non-hydrogen) atoms. The van der Waals surface area contributed by atoms with Gasteiger partial charge in [-0.25, -0.2) is 14.5 Å². The first-order chi connectivity index (χ1) is 9.22. The molecule has 1 aliphatic rings. The third-order valence-corrected chi connectivity index (χ3v) is 2.88. The van der Waals surface area contributed by atoms with Crippen LogP contribution in [0.1, 0.15) is 12.8 Å². The minimum absolute atomic E-state index is 0.0883. The van der Waals surface area contributed by atoms with E-state index in [-0.39, 0.29) is 11.7 Å². The van der Waals surface area contributed by atoms with Crippen molar-refractivity contribution in [1.82, 2.24) is 15.2 Å². The van der Waals surface area contributed by atoms with Gasteiger partial charge in [-0.1, -0.05) is 0 Å². The number of carbonyl (C=O) groups excluding carboxylic acids is 1. The number of hydrazone groups is 1. The van der Waals surface area contributed by atoms with Gasteiger partial charge in [0.25, 0.3) is 0 Å². The number of hydrogen-bond acceptors (Lipinski definition) is 3. The van der Waals surface area contributed by atoms with Crippen LogP contribution in [0, 0.1) is 5.82 Å². The van der Waals surface area contributed by atoms with E-state index in [9.17, 15) is 9.18 Å². The van der Waals surface area contributed by atoms with Crippen molar-refractivity contribution in [3.05, 3.63) is 42.3 Å². The van der Waals surface area contributed by atoms with Crippen molar-refractivity contribution >= 4 is 11.7 Å². The van der Waals surface area contributed by atoms with Crippen molar-refractivity contribution in [2.45, 2.75) is 12.8 Å². The van der Waals surface area contributed by atoms with Gasteiger partial charge in [-0.2, -0.15) is 10.2 Å². The Morgan fingerprint density at radius 2 is 1.95 bits per heavy atom. The first-order valence-corrected chi connectivity index (χ1v) is 5.90. The molecule has 0 spiro atoms. The molecule has 0 unspecified atom stereocenters. The molecular weight excluding hydrogens is 247 g/mol. The van der Waals surface area contributed by atoms with E-state index in [2.05, 4.69) is 15.6 Å². The van der Waals surface area contributed by atoms with Gasteiger partial charge in [0, 0.05) is 24.6 Å². The molecule has 0 bridgehead atoms. The fourth-order valence-electron chi connectivity index (χ4n) is 1.87. The lowest BCUT2D eigenvalue weighted by molar-refractivity contribution is -0.121. The van der Waals surface area contributed by atoms with E-state index in [1.165, 1.54) is 12.1 Å². The Morgan fingerprint density at radius 3 is 2.63 bits per heavy atom. The molecule has 0 atom stereocenters. The van der Waals surface area contributed by atoms with Gasteiger partial charge in [0.2, 0.25) is 5.91 Å². The van der Waals surface area contributed by atoms with E-state index >= 15 is 0 Å². The van der Waals surface area contributed by atoms with Crippen molar-refractivity contribution in [2.75, 3.05) is 0 Å². The van der Waals surface area contributed by atoms with Crippen LogP contribution >= 0.6 is 0 Å². The molecule has 1 amide bonds. The monoisotopic (exact) mass is 258 g/mol. The maximum Gasteiger partial charge on any atom is 0.240 e. The number of halogens is 1. The molecule has 0 radical (unpaired) electrons. The predicted octanol–water partition coefficient (Wildman–Crippen LogP) is 1.76. The van der Waals surface area contributed by atoms with Crippen LogP contribution in [0.5, 0.6) is 0 Å². The normalized spacial score (nSPS) is 15.0.